The molecule has 0 aromatic heterocycles. The molecule has 10 heavy (non-hydrogen) atoms. The lowest BCUT2D eigenvalue weighted by Gasteiger charge is -2.11. The minimum atomic E-state index is 0.294. The highest BCUT2D eigenvalue weighted by molar-refractivity contribution is 4.76. The van der Waals surface area contributed by atoms with Crippen LogP contribution in [0.2, 0.25) is 0 Å². The lowest BCUT2D eigenvalue weighted by molar-refractivity contribution is 0.0299. The molecule has 0 aromatic carbocycles. The summed E-state index contributed by atoms with van der Waals surface area (Å²) in [5, 5.41) is 0. The molecule has 1 saturated heterocycles. The van der Waals surface area contributed by atoms with Crippen molar-refractivity contribution in [3.8, 4) is 0 Å². The van der Waals surface area contributed by atoms with Gasteiger partial charge in [-0.05, 0) is 12.8 Å². The summed E-state index contributed by atoms with van der Waals surface area (Å²) in [5.74, 6) is 0.626. The van der Waals surface area contributed by atoms with Crippen molar-refractivity contribution in [3.63, 3.8) is 0 Å². The third-order valence-corrected chi connectivity index (χ3v) is 1.58. The Balaban J connectivity index is 2.00. The van der Waals surface area contributed by atoms with Gasteiger partial charge in [-0.15, -0.1) is 0 Å². The van der Waals surface area contributed by atoms with E-state index in [1.54, 1.807) is 0 Å². The molecule has 2 nitrogen and oxygen atoms in total. The summed E-state index contributed by atoms with van der Waals surface area (Å²) in [6, 6.07) is 0. The third kappa shape index (κ3) is 2.67. The van der Waals surface area contributed by atoms with Crippen molar-refractivity contribution < 1.29 is 9.47 Å². The fraction of sp³-hybridized carbons (Fsp3) is 1.00. The van der Waals surface area contributed by atoms with Crippen LogP contribution in [0.3, 0.4) is 0 Å². The average Bonchev–Trinajstić information content (AvgIpc) is 2.63. The van der Waals surface area contributed by atoms with Gasteiger partial charge in [-0.2, -0.15) is 0 Å². The van der Waals surface area contributed by atoms with Crippen molar-refractivity contribution in [2.75, 3.05) is 13.2 Å². The molecule has 0 saturated carbocycles. The average molecular weight is 144 g/mol. The summed E-state index contributed by atoms with van der Waals surface area (Å²) in [6.07, 6.45) is 0.682. The molecule has 0 aliphatic carbocycles. The first-order chi connectivity index (χ1) is 4.70. The highest BCUT2D eigenvalue weighted by Crippen LogP contribution is 2.16. The lowest BCUT2D eigenvalue weighted by Crippen LogP contribution is -2.18. The van der Waals surface area contributed by atoms with E-state index < -0.39 is 0 Å². The topological polar surface area (TPSA) is 21.8 Å². The number of hydrogen-bond acceptors (Lipinski definition) is 2. The summed E-state index contributed by atoms with van der Waals surface area (Å²) < 4.78 is 10.6. The Morgan fingerprint density at radius 2 is 2.10 bits per heavy atom. The zero-order valence-corrected chi connectivity index (χ0v) is 6.96. The zero-order valence-electron chi connectivity index (χ0n) is 6.96. The molecule has 60 valence electrons. The van der Waals surface area contributed by atoms with Crippen molar-refractivity contribution in [3.05, 3.63) is 0 Å². The highest BCUT2D eigenvalue weighted by atomic mass is 16.6. The maximum absolute atomic E-state index is 5.50. The van der Waals surface area contributed by atoms with Gasteiger partial charge in [0.15, 0.2) is 0 Å². The number of epoxide rings is 1. The van der Waals surface area contributed by atoms with Crippen molar-refractivity contribution in [1.82, 2.24) is 0 Å². The van der Waals surface area contributed by atoms with E-state index in [-0.39, 0.29) is 0 Å². The molecule has 1 heterocycles. The molecule has 1 rings (SSSR count). The van der Waals surface area contributed by atoms with Gasteiger partial charge in [-0.25, -0.2) is 0 Å². The molecule has 2 unspecified atom stereocenters. The molecule has 2 atom stereocenters. The predicted octanol–water partition coefficient (Wildman–Crippen LogP) is 1.45. The molecule has 0 aromatic rings. The lowest BCUT2D eigenvalue weighted by atomic mass is 10.2. The van der Waals surface area contributed by atoms with E-state index >= 15 is 0 Å². The van der Waals surface area contributed by atoms with Crippen LogP contribution in [-0.4, -0.2) is 25.4 Å². The SMILES string of the molecule is CC(C)COC(C)C1CO1. The van der Waals surface area contributed by atoms with E-state index in [9.17, 15) is 0 Å². The van der Waals surface area contributed by atoms with Crippen molar-refractivity contribution in [2.24, 2.45) is 5.92 Å². The molecule has 0 N–H and O–H groups in total. The first kappa shape index (κ1) is 8.02. The van der Waals surface area contributed by atoms with E-state index in [0.29, 0.717) is 18.1 Å². The van der Waals surface area contributed by atoms with Crippen LogP contribution < -0.4 is 0 Å². The normalized spacial score (nSPS) is 27.0. The second-order valence-corrected chi connectivity index (χ2v) is 3.30. The van der Waals surface area contributed by atoms with Crippen LogP contribution >= 0.6 is 0 Å². The molecule has 1 aliphatic heterocycles. The Morgan fingerprint density at radius 3 is 2.50 bits per heavy atom. The van der Waals surface area contributed by atoms with Crippen LogP contribution in [0.5, 0.6) is 0 Å². The van der Waals surface area contributed by atoms with Crippen LogP contribution in [0.15, 0.2) is 0 Å². The molecular weight excluding hydrogens is 128 g/mol. The van der Waals surface area contributed by atoms with Crippen LogP contribution in [0.25, 0.3) is 0 Å². The summed E-state index contributed by atoms with van der Waals surface area (Å²) in [7, 11) is 0. The second-order valence-electron chi connectivity index (χ2n) is 3.30. The van der Waals surface area contributed by atoms with Crippen molar-refractivity contribution in [1.29, 1.82) is 0 Å². The fourth-order valence-electron chi connectivity index (χ4n) is 0.778. The van der Waals surface area contributed by atoms with E-state index in [1.807, 2.05) is 0 Å². The Kier molecular flexibility index (Phi) is 2.69. The van der Waals surface area contributed by atoms with Gasteiger partial charge in [0.2, 0.25) is 0 Å². The van der Waals surface area contributed by atoms with E-state index in [4.69, 9.17) is 9.47 Å². The Hall–Kier alpha value is -0.0800. The van der Waals surface area contributed by atoms with Gasteiger partial charge in [0.25, 0.3) is 0 Å². The Bertz CT molecular complexity index is 97.4. The van der Waals surface area contributed by atoms with Crippen molar-refractivity contribution >= 4 is 0 Å². The first-order valence-corrected chi connectivity index (χ1v) is 3.93. The van der Waals surface area contributed by atoms with Gasteiger partial charge in [-0.1, -0.05) is 13.8 Å². The standard InChI is InChI=1S/C8H16O2/c1-6(2)4-9-7(3)8-5-10-8/h6-8H,4-5H2,1-3H3. The molecule has 0 bridgehead atoms. The number of rotatable bonds is 4. The van der Waals surface area contributed by atoms with Gasteiger partial charge in [0.05, 0.1) is 12.7 Å². The van der Waals surface area contributed by atoms with Crippen LogP contribution in [-0.2, 0) is 9.47 Å². The monoisotopic (exact) mass is 144 g/mol. The van der Waals surface area contributed by atoms with E-state index in [2.05, 4.69) is 20.8 Å². The van der Waals surface area contributed by atoms with Gasteiger partial charge in [0.1, 0.15) is 6.10 Å². The van der Waals surface area contributed by atoms with E-state index in [0.717, 1.165) is 13.2 Å². The minimum absolute atomic E-state index is 0.294. The fourth-order valence-corrected chi connectivity index (χ4v) is 0.778. The number of ether oxygens (including phenoxy) is 2. The summed E-state index contributed by atoms with van der Waals surface area (Å²) in [4.78, 5) is 0. The molecule has 0 amide bonds. The maximum Gasteiger partial charge on any atom is 0.107 e. The highest BCUT2D eigenvalue weighted by Gasteiger charge is 2.29. The molecule has 0 radical (unpaired) electrons. The molecular formula is C8H16O2. The van der Waals surface area contributed by atoms with Gasteiger partial charge in [-0.3, -0.25) is 0 Å². The van der Waals surface area contributed by atoms with Gasteiger partial charge < -0.3 is 9.47 Å². The smallest absolute Gasteiger partial charge is 0.107 e. The third-order valence-electron chi connectivity index (χ3n) is 1.58. The van der Waals surface area contributed by atoms with E-state index in [1.165, 1.54) is 0 Å². The predicted molar refractivity (Wildman–Crippen MR) is 40.0 cm³/mol. The number of hydrogen-bond donors (Lipinski definition) is 0. The summed E-state index contributed by atoms with van der Waals surface area (Å²) >= 11 is 0. The quantitative estimate of drug-likeness (QED) is 0.557. The summed E-state index contributed by atoms with van der Waals surface area (Å²) in [6.45, 7) is 8.11. The largest absolute Gasteiger partial charge is 0.375 e. The van der Waals surface area contributed by atoms with Crippen molar-refractivity contribution in [2.45, 2.75) is 33.0 Å². The second kappa shape index (κ2) is 3.35. The van der Waals surface area contributed by atoms with Crippen LogP contribution in [0.1, 0.15) is 20.8 Å². The Labute approximate surface area is 62.5 Å². The molecule has 2 heteroatoms. The van der Waals surface area contributed by atoms with Crippen LogP contribution in [0.4, 0.5) is 0 Å². The maximum atomic E-state index is 5.50. The van der Waals surface area contributed by atoms with Gasteiger partial charge >= 0.3 is 0 Å². The van der Waals surface area contributed by atoms with Crippen LogP contribution in [0, 0.1) is 5.92 Å². The molecule has 1 aliphatic rings. The van der Waals surface area contributed by atoms with Gasteiger partial charge in [0, 0.05) is 6.61 Å². The summed E-state index contributed by atoms with van der Waals surface area (Å²) in [5.41, 5.74) is 0. The Morgan fingerprint density at radius 1 is 1.50 bits per heavy atom. The molecule has 1 fully saturated rings. The first-order valence-electron chi connectivity index (χ1n) is 3.93. The zero-order chi connectivity index (χ0) is 7.56. The minimum Gasteiger partial charge on any atom is -0.375 e. The molecule has 0 spiro atoms.